The largest absolute Gasteiger partial charge is 0.465 e. The minimum absolute atomic E-state index is 0.191. The van der Waals surface area contributed by atoms with Crippen molar-refractivity contribution in [2.75, 3.05) is 6.61 Å². The number of carbonyl (C=O) groups excluding carboxylic acids is 1. The molecule has 5 nitrogen and oxygen atoms in total. The Balaban J connectivity index is 2.52. The first-order chi connectivity index (χ1) is 10.9. The molecule has 0 amide bonds. The van der Waals surface area contributed by atoms with Gasteiger partial charge in [-0.25, -0.2) is 0 Å². The zero-order valence-electron chi connectivity index (χ0n) is 12.8. The summed E-state index contributed by atoms with van der Waals surface area (Å²) in [6.45, 7) is 3.75. The van der Waals surface area contributed by atoms with Gasteiger partial charge in [0.1, 0.15) is 5.92 Å². The number of ether oxygens (including phenoxy) is 1. The third kappa shape index (κ3) is 3.71. The van der Waals surface area contributed by atoms with E-state index in [2.05, 4.69) is 0 Å². The molecular weight excluding hydrogens is 301 g/mol. The first kappa shape index (κ1) is 16.6. The van der Waals surface area contributed by atoms with Crippen molar-refractivity contribution in [1.29, 1.82) is 0 Å². The topological polar surface area (TPSA) is 69.4 Å². The molecular formula is C17H16FNO4. The molecule has 120 valence electrons. The molecule has 2 rings (SSSR count). The quantitative estimate of drug-likeness (QED) is 0.478. The fourth-order valence-electron chi connectivity index (χ4n) is 2.39. The van der Waals surface area contributed by atoms with Crippen LogP contribution in [0.3, 0.4) is 0 Å². The number of hydrogen-bond acceptors (Lipinski definition) is 4. The second-order valence-corrected chi connectivity index (χ2v) is 5.07. The molecule has 0 aliphatic rings. The van der Waals surface area contributed by atoms with Crippen LogP contribution in [0, 0.1) is 22.9 Å². The normalized spacial score (nSPS) is 11.8. The summed E-state index contributed by atoms with van der Waals surface area (Å²) in [6, 6.07) is 10.7. The van der Waals surface area contributed by atoms with Crippen LogP contribution in [0.15, 0.2) is 42.5 Å². The van der Waals surface area contributed by atoms with Crippen LogP contribution in [0.1, 0.15) is 29.5 Å². The third-order valence-electron chi connectivity index (χ3n) is 3.40. The summed E-state index contributed by atoms with van der Waals surface area (Å²) in [7, 11) is 0. The fourth-order valence-corrected chi connectivity index (χ4v) is 2.39. The summed E-state index contributed by atoms with van der Waals surface area (Å²) in [5.41, 5.74) is 1.29. The number of nitrogens with zero attached hydrogens (tertiary/aromatic N) is 1. The Labute approximate surface area is 132 Å². The average Bonchev–Trinajstić information content (AvgIpc) is 2.47. The van der Waals surface area contributed by atoms with E-state index in [4.69, 9.17) is 4.74 Å². The molecule has 2 aromatic rings. The van der Waals surface area contributed by atoms with E-state index >= 15 is 0 Å². The molecule has 0 saturated carbocycles. The van der Waals surface area contributed by atoms with Crippen LogP contribution in [0.5, 0.6) is 0 Å². The molecule has 2 aromatic carbocycles. The molecule has 0 fully saturated rings. The summed E-state index contributed by atoms with van der Waals surface area (Å²) >= 11 is 0. The van der Waals surface area contributed by atoms with Crippen molar-refractivity contribution in [2.24, 2.45) is 0 Å². The van der Waals surface area contributed by atoms with Crippen molar-refractivity contribution in [3.05, 3.63) is 75.1 Å². The van der Waals surface area contributed by atoms with E-state index in [1.807, 2.05) is 13.0 Å². The molecule has 1 atom stereocenters. The number of rotatable bonds is 5. The van der Waals surface area contributed by atoms with Gasteiger partial charge in [-0.15, -0.1) is 0 Å². The van der Waals surface area contributed by atoms with Crippen molar-refractivity contribution < 1.29 is 18.8 Å². The summed E-state index contributed by atoms with van der Waals surface area (Å²) in [5, 5.41) is 10.7. The maximum absolute atomic E-state index is 13.9. The Morgan fingerprint density at radius 2 is 1.96 bits per heavy atom. The number of nitro groups is 1. The molecule has 1 unspecified atom stereocenters. The van der Waals surface area contributed by atoms with Crippen LogP contribution in [0.4, 0.5) is 10.1 Å². The van der Waals surface area contributed by atoms with Crippen molar-refractivity contribution in [3.63, 3.8) is 0 Å². The smallest absolute Gasteiger partial charge is 0.317 e. The van der Waals surface area contributed by atoms with E-state index in [1.54, 1.807) is 25.1 Å². The zero-order valence-corrected chi connectivity index (χ0v) is 12.8. The lowest BCUT2D eigenvalue weighted by molar-refractivity contribution is -0.387. The lowest BCUT2D eigenvalue weighted by Gasteiger charge is -2.17. The molecule has 23 heavy (non-hydrogen) atoms. The summed E-state index contributed by atoms with van der Waals surface area (Å²) in [6.07, 6.45) is 0. The summed E-state index contributed by atoms with van der Waals surface area (Å²) in [4.78, 5) is 22.2. The van der Waals surface area contributed by atoms with E-state index < -0.39 is 28.3 Å². The maximum atomic E-state index is 13.9. The van der Waals surface area contributed by atoms with Crippen molar-refractivity contribution in [3.8, 4) is 0 Å². The van der Waals surface area contributed by atoms with Crippen LogP contribution in [-0.4, -0.2) is 17.5 Å². The molecule has 0 saturated heterocycles. The van der Waals surface area contributed by atoms with Gasteiger partial charge in [-0.1, -0.05) is 35.9 Å². The molecule has 0 bridgehead atoms. The Kier molecular flexibility index (Phi) is 5.05. The number of nitro benzene ring substituents is 1. The molecule has 6 heteroatoms. The summed E-state index contributed by atoms with van der Waals surface area (Å²) in [5.74, 6) is -2.33. The van der Waals surface area contributed by atoms with Gasteiger partial charge in [0.2, 0.25) is 5.82 Å². The molecule has 0 heterocycles. The molecule has 0 radical (unpaired) electrons. The number of benzene rings is 2. The van der Waals surface area contributed by atoms with Gasteiger partial charge in [-0.3, -0.25) is 14.9 Å². The van der Waals surface area contributed by atoms with Crippen molar-refractivity contribution in [1.82, 2.24) is 0 Å². The Morgan fingerprint density at radius 1 is 1.26 bits per heavy atom. The highest BCUT2D eigenvalue weighted by Gasteiger charge is 2.26. The molecule has 0 aliphatic carbocycles. The minimum Gasteiger partial charge on any atom is -0.465 e. The Bertz CT molecular complexity index is 745. The number of carbonyl (C=O) groups is 1. The third-order valence-corrected chi connectivity index (χ3v) is 3.40. The number of aryl methyl sites for hydroxylation is 1. The van der Waals surface area contributed by atoms with Gasteiger partial charge in [0, 0.05) is 6.07 Å². The number of hydrogen-bond donors (Lipinski definition) is 0. The molecule has 0 aromatic heterocycles. The van der Waals surface area contributed by atoms with Crippen LogP contribution in [-0.2, 0) is 9.53 Å². The highest BCUT2D eigenvalue weighted by molar-refractivity contribution is 5.82. The number of esters is 1. The van der Waals surface area contributed by atoms with Crippen LogP contribution in [0.2, 0.25) is 0 Å². The monoisotopic (exact) mass is 317 g/mol. The highest BCUT2D eigenvalue weighted by Crippen LogP contribution is 2.30. The van der Waals surface area contributed by atoms with Crippen molar-refractivity contribution >= 4 is 11.7 Å². The molecule has 0 N–H and O–H groups in total. The van der Waals surface area contributed by atoms with Crippen LogP contribution >= 0.6 is 0 Å². The van der Waals surface area contributed by atoms with Gasteiger partial charge < -0.3 is 4.74 Å². The van der Waals surface area contributed by atoms with Gasteiger partial charge >= 0.3 is 11.7 Å². The minimum atomic E-state index is -0.977. The molecule has 0 spiro atoms. The van der Waals surface area contributed by atoms with Gasteiger partial charge in [-0.2, -0.15) is 4.39 Å². The predicted molar refractivity (Wildman–Crippen MR) is 82.7 cm³/mol. The molecule has 0 aliphatic heterocycles. The predicted octanol–water partition coefficient (Wildman–Crippen LogP) is 3.74. The average molecular weight is 317 g/mol. The van der Waals surface area contributed by atoms with E-state index in [0.717, 1.165) is 17.7 Å². The SMILES string of the molecule is CCOC(=O)C(c1cccc(C)c1)c1ccc([N+](=O)[O-])c(F)c1. The second-order valence-electron chi connectivity index (χ2n) is 5.07. The Morgan fingerprint density at radius 3 is 2.52 bits per heavy atom. The zero-order chi connectivity index (χ0) is 17.0. The standard InChI is InChI=1S/C17H16FNO4/c1-3-23-17(20)16(12-6-4-5-11(2)9-12)13-7-8-15(19(21)22)14(18)10-13/h4-10,16H,3H2,1-2H3. The van der Waals surface area contributed by atoms with Gasteiger partial charge in [0.25, 0.3) is 0 Å². The first-order valence-electron chi connectivity index (χ1n) is 7.11. The van der Waals surface area contributed by atoms with Gasteiger partial charge in [0.05, 0.1) is 11.5 Å². The van der Waals surface area contributed by atoms with Crippen molar-refractivity contribution in [2.45, 2.75) is 19.8 Å². The fraction of sp³-hybridized carbons (Fsp3) is 0.235. The van der Waals surface area contributed by atoms with Crippen LogP contribution < -0.4 is 0 Å². The lowest BCUT2D eigenvalue weighted by Crippen LogP contribution is -2.17. The first-order valence-corrected chi connectivity index (χ1v) is 7.11. The van der Waals surface area contributed by atoms with E-state index in [9.17, 15) is 19.3 Å². The van der Waals surface area contributed by atoms with E-state index in [-0.39, 0.29) is 6.61 Å². The Hall–Kier alpha value is -2.76. The van der Waals surface area contributed by atoms with Gasteiger partial charge in [0.15, 0.2) is 0 Å². The van der Waals surface area contributed by atoms with Gasteiger partial charge in [-0.05, 0) is 31.0 Å². The van der Waals surface area contributed by atoms with E-state index in [0.29, 0.717) is 11.1 Å². The van der Waals surface area contributed by atoms with E-state index in [1.165, 1.54) is 6.07 Å². The van der Waals surface area contributed by atoms with Crippen LogP contribution in [0.25, 0.3) is 0 Å². The number of halogens is 1. The lowest BCUT2D eigenvalue weighted by atomic mass is 9.90. The second kappa shape index (κ2) is 7.00. The highest BCUT2D eigenvalue weighted by atomic mass is 19.1. The maximum Gasteiger partial charge on any atom is 0.317 e. The summed E-state index contributed by atoms with van der Waals surface area (Å²) < 4.78 is 19.0.